The van der Waals surface area contributed by atoms with Gasteiger partial charge >= 0.3 is 6.18 Å². The molecule has 4 rings (SSSR count). The summed E-state index contributed by atoms with van der Waals surface area (Å²) in [6, 6.07) is 15.2. The van der Waals surface area contributed by atoms with E-state index in [0.717, 1.165) is 48.8 Å². The number of halogens is 4. The molecule has 4 nitrogen and oxygen atoms in total. The summed E-state index contributed by atoms with van der Waals surface area (Å²) in [6.45, 7) is 3.81. The Morgan fingerprint density at radius 1 is 1.09 bits per heavy atom. The van der Waals surface area contributed by atoms with Crippen molar-refractivity contribution in [2.45, 2.75) is 32.0 Å². The van der Waals surface area contributed by atoms with E-state index >= 15 is 0 Å². The SMILES string of the molecule is CC(NC(=O)c1ccc2c(Oc3ccc(C(F)(F)F)cc3)cccc2c1)C1CCN(CCF)CC1. The molecule has 1 saturated heterocycles. The van der Waals surface area contributed by atoms with Crippen LogP contribution in [-0.2, 0) is 6.18 Å². The zero-order valence-electron chi connectivity index (χ0n) is 19.4. The van der Waals surface area contributed by atoms with E-state index in [9.17, 15) is 22.4 Å². The molecule has 0 radical (unpaired) electrons. The molecule has 8 heteroatoms. The van der Waals surface area contributed by atoms with Crippen LogP contribution in [-0.4, -0.2) is 43.2 Å². The van der Waals surface area contributed by atoms with Crippen LogP contribution >= 0.6 is 0 Å². The smallest absolute Gasteiger partial charge is 0.416 e. The monoisotopic (exact) mass is 488 g/mol. The van der Waals surface area contributed by atoms with Crippen LogP contribution in [0, 0.1) is 5.92 Å². The van der Waals surface area contributed by atoms with Gasteiger partial charge in [0.1, 0.15) is 18.2 Å². The fourth-order valence-corrected chi connectivity index (χ4v) is 4.53. The molecule has 1 aliphatic heterocycles. The van der Waals surface area contributed by atoms with Gasteiger partial charge in [0.15, 0.2) is 0 Å². The van der Waals surface area contributed by atoms with Crippen molar-refractivity contribution in [3.8, 4) is 11.5 Å². The maximum Gasteiger partial charge on any atom is 0.416 e. The number of carbonyl (C=O) groups is 1. The minimum absolute atomic E-state index is 0.0000566. The van der Waals surface area contributed by atoms with Crippen LogP contribution in [0.1, 0.15) is 35.7 Å². The molecule has 0 bridgehead atoms. The average Bonchev–Trinajstić information content (AvgIpc) is 2.84. The summed E-state index contributed by atoms with van der Waals surface area (Å²) in [7, 11) is 0. The number of nitrogens with one attached hydrogen (secondary N) is 1. The third-order valence-electron chi connectivity index (χ3n) is 6.61. The zero-order chi connectivity index (χ0) is 25.0. The van der Waals surface area contributed by atoms with Crippen LogP contribution in [0.5, 0.6) is 11.5 Å². The fraction of sp³-hybridized carbons (Fsp3) is 0.370. The lowest BCUT2D eigenvalue weighted by Gasteiger charge is -2.34. The van der Waals surface area contributed by atoms with E-state index in [1.165, 1.54) is 12.1 Å². The molecule has 0 saturated carbocycles. The standard InChI is InChI=1S/C27H28F4N2O2/c1-18(19-11-14-33(15-12-19)16-13-28)32-26(34)21-5-10-24-20(17-21)3-2-4-25(24)35-23-8-6-22(7-9-23)27(29,30)31/h2-10,17-19H,11-16H2,1H3,(H,32,34). The Morgan fingerprint density at radius 2 is 1.80 bits per heavy atom. The molecule has 3 aromatic rings. The molecule has 3 aromatic carbocycles. The predicted molar refractivity (Wildman–Crippen MR) is 128 cm³/mol. The highest BCUT2D eigenvalue weighted by atomic mass is 19.4. The van der Waals surface area contributed by atoms with Crippen LogP contribution in [0.4, 0.5) is 17.6 Å². The molecular weight excluding hydrogens is 460 g/mol. The Kier molecular flexibility index (Phi) is 7.60. The number of likely N-dealkylation sites (tertiary alicyclic amines) is 1. The van der Waals surface area contributed by atoms with Gasteiger partial charge in [-0.1, -0.05) is 12.1 Å². The third-order valence-corrected chi connectivity index (χ3v) is 6.61. The first kappa shape index (κ1) is 25.0. The van der Waals surface area contributed by atoms with Crippen LogP contribution < -0.4 is 10.1 Å². The quantitative estimate of drug-likeness (QED) is 0.389. The van der Waals surface area contributed by atoms with Crippen molar-refractivity contribution in [1.29, 1.82) is 0 Å². The molecule has 0 aromatic heterocycles. The minimum atomic E-state index is -4.40. The Balaban J connectivity index is 1.43. The number of fused-ring (bicyclic) bond motifs is 1. The van der Waals surface area contributed by atoms with Gasteiger partial charge in [-0.05, 0) is 92.7 Å². The number of benzene rings is 3. The van der Waals surface area contributed by atoms with Crippen molar-refractivity contribution in [3.05, 3.63) is 71.8 Å². The largest absolute Gasteiger partial charge is 0.457 e. The summed E-state index contributed by atoms with van der Waals surface area (Å²) < 4.78 is 56.8. The van der Waals surface area contributed by atoms with E-state index in [2.05, 4.69) is 10.2 Å². The Morgan fingerprint density at radius 3 is 2.46 bits per heavy atom. The first-order valence-electron chi connectivity index (χ1n) is 11.7. The summed E-state index contributed by atoms with van der Waals surface area (Å²) in [5.41, 5.74) is -0.219. The van der Waals surface area contributed by atoms with Gasteiger partial charge in [0.25, 0.3) is 5.91 Å². The summed E-state index contributed by atoms with van der Waals surface area (Å²) in [6.07, 6.45) is -2.56. The molecule has 1 heterocycles. The molecular formula is C27H28F4N2O2. The van der Waals surface area contributed by atoms with Gasteiger partial charge in [-0.25, -0.2) is 4.39 Å². The van der Waals surface area contributed by atoms with E-state index in [1.54, 1.807) is 30.3 Å². The fourth-order valence-electron chi connectivity index (χ4n) is 4.53. The number of rotatable bonds is 7. The number of hydrogen-bond donors (Lipinski definition) is 1. The van der Waals surface area contributed by atoms with Crippen molar-refractivity contribution in [2.24, 2.45) is 5.92 Å². The highest BCUT2D eigenvalue weighted by Crippen LogP contribution is 2.34. The molecule has 1 N–H and O–H groups in total. The normalized spacial score (nSPS) is 16.3. The van der Waals surface area contributed by atoms with Gasteiger partial charge in [0.05, 0.1) is 5.56 Å². The highest BCUT2D eigenvalue weighted by Gasteiger charge is 2.30. The van der Waals surface area contributed by atoms with Crippen molar-refractivity contribution < 1.29 is 27.1 Å². The maximum atomic E-state index is 12.9. The topological polar surface area (TPSA) is 41.6 Å². The molecule has 0 aliphatic carbocycles. The van der Waals surface area contributed by atoms with Gasteiger partial charge in [-0.2, -0.15) is 13.2 Å². The molecule has 1 atom stereocenters. The van der Waals surface area contributed by atoms with Crippen LogP contribution in [0.2, 0.25) is 0 Å². The summed E-state index contributed by atoms with van der Waals surface area (Å²) in [4.78, 5) is 15.0. The van der Waals surface area contributed by atoms with Crippen LogP contribution in [0.3, 0.4) is 0 Å². The Hall–Kier alpha value is -3.13. The number of nitrogens with zero attached hydrogens (tertiary/aromatic N) is 1. The van der Waals surface area contributed by atoms with E-state index in [4.69, 9.17) is 4.74 Å². The second-order valence-corrected chi connectivity index (χ2v) is 8.95. The predicted octanol–water partition coefficient (Wildman–Crippen LogP) is 6.45. The molecule has 1 unspecified atom stereocenters. The summed E-state index contributed by atoms with van der Waals surface area (Å²) in [5, 5.41) is 4.63. The van der Waals surface area contributed by atoms with Crippen molar-refractivity contribution in [2.75, 3.05) is 26.3 Å². The lowest BCUT2D eigenvalue weighted by atomic mass is 9.90. The van der Waals surface area contributed by atoms with Crippen molar-refractivity contribution in [3.63, 3.8) is 0 Å². The Labute approximate surface area is 201 Å². The molecule has 1 aliphatic rings. The first-order valence-corrected chi connectivity index (χ1v) is 11.7. The van der Waals surface area contributed by atoms with Crippen LogP contribution in [0.25, 0.3) is 10.8 Å². The molecule has 0 spiro atoms. The lowest BCUT2D eigenvalue weighted by molar-refractivity contribution is -0.137. The molecule has 186 valence electrons. The van der Waals surface area contributed by atoms with E-state index < -0.39 is 11.7 Å². The van der Waals surface area contributed by atoms with Gasteiger partial charge in [0.2, 0.25) is 0 Å². The number of amides is 1. The third kappa shape index (κ3) is 6.11. The number of hydrogen-bond acceptors (Lipinski definition) is 3. The van der Waals surface area contributed by atoms with E-state index in [0.29, 0.717) is 29.5 Å². The van der Waals surface area contributed by atoms with Gasteiger partial charge in [0, 0.05) is 23.5 Å². The average molecular weight is 489 g/mol. The number of carbonyl (C=O) groups excluding carboxylic acids is 1. The minimum Gasteiger partial charge on any atom is -0.457 e. The number of alkyl halides is 4. The van der Waals surface area contributed by atoms with Crippen molar-refractivity contribution in [1.82, 2.24) is 10.2 Å². The van der Waals surface area contributed by atoms with Gasteiger partial charge in [-0.15, -0.1) is 0 Å². The Bertz CT molecular complexity index is 1160. The molecule has 1 amide bonds. The van der Waals surface area contributed by atoms with Gasteiger partial charge in [-0.3, -0.25) is 4.79 Å². The van der Waals surface area contributed by atoms with Crippen LogP contribution in [0.15, 0.2) is 60.7 Å². The summed E-state index contributed by atoms with van der Waals surface area (Å²) >= 11 is 0. The first-order chi connectivity index (χ1) is 16.7. The summed E-state index contributed by atoms with van der Waals surface area (Å²) in [5.74, 6) is 0.958. The second kappa shape index (κ2) is 10.6. The molecule has 1 fully saturated rings. The maximum absolute atomic E-state index is 12.9. The number of ether oxygens (including phenoxy) is 1. The second-order valence-electron chi connectivity index (χ2n) is 8.95. The van der Waals surface area contributed by atoms with Crippen molar-refractivity contribution >= 4 is 16.7 Å². The van der Waals surface area contributed by atoms with E-state index in [1.807, 2.05) is 13.0 Å². The number of piperidine rings is 1. The zero-order valence-corrected chi connectivity index (χ0v) is 19.4. The molecule has 35 heavy (non-hydrogen) atoms. The van der Waals surface area contributed by atoms with E-state index in [-0.39, 0.29) is 18.6 Å². The van der Waals surface area contributed by atoms with Gasteiger partial charge < -0.3 is 15.0 Å². The highest BCUT2D eigenvalue weighted by molar-refractivity contribution is 6.00. The lowest BCUT2D eigenvalue weighted by Crippen LogP contribution is -2.44.